The zero-order valence-electron chi connectivity index (χ0n) is 12.4. The van der Waals surface area contributed by atoms with Gasteiger partial charge in [-0.25, -0.2) is 0 Å². The topological polar surface area (TPSA) is 87.7 Å². The van der Waals surface area contributed by atoms with Gasteiger partial charge in [-0.05, 0) is 18.2 Å². The number of carbonyl (C=O) groups excluding carboxylic acids is 1. The van der Waals surface area contributed by atoms with Crippen LogP contribution in [0.5, 0.6) is 0 Å². The molecule has 24 heavy (non-hydrogen) atoms. The lowest BCUT2D eigenvalue weighted by molar-refractivity contribution is -0.156. The van der Waals surface area contributed by atoms with Crippen molar-refractivity contribution in [3.05, 3.63) is 24.3 Å². The van der Waals surface area contributed by atoms with Gasteiger partial charge in [0.15, 0.2) is 0 Å². The lowest BCUT2D eigenvalue weighted by Crippen LogP contribution is -2.55. The molecule has 1 saturated carbocycles. The predicted molar refractivity (Wildman–Crippen MR) is 77.6 cm³/mol. The number of halogens is 3. The van der Waals surface area contributed by atoms with E-state index in [2.05, 4.69) is 10.6 Å². The van der Waals surface area contributed by atoms with Gasteiger partial charge in [0.2, 0.25) is 0 Å². The quantitative estimate of drug-likeness (QED) is 0.762. The van der Waals surface area contributed by atoms with Crippen molar-refractivity contribution in [2.24, 2.45) is 5.41 Å². The minimum atomic E-state index is -4.35. The molecule has 1 aromatic carbocycles. The third-order valence-electron chi connectivity index (χ3n) is 4.35. The Balaban J connectivity index is 1.63. The first-order valence-electron chi connectivity index (χ1n) is 7.24. The maximum Gasteiger partial charge on any atom is 0.405 e. The van der Waals surface area contributed by atoms with E-state index in [0.29, 0.717) is 5.69 Å². The van der Waals surface area contributed by atoms with Crippen LogP contribution in [0.1, 0.15) is 12.8 Å². The van der Waals surface area contributed by atoms with Crippen LogP contribution >= 0.6 is 0 Å². The van der Waals surface area contributed by atoms with Crippen LogP contribution in [0.25, 0.3) is 0 Å². The van der Waals surface area contributed by atoms with Crippen molar-refractivity contribution in [3.8, 4) is 0 Å². The van der Waals surface area contributed by atoms with E-state index in [0.717, 1.165) is 0 Å². The van der Waals surface area contributed by atoms with Gasteiger partial charge >= 0.3 is 12.1 Å². The molecule has 2 aliphatic heterocycles. The minimum Gasteiger partial charge on any atom is -0.481 e. The Hall–Kier alpha value is -2.29. The zero-order chi connectivity index (χ0) is 17.6. The molecule has 0 spiro atoms. The molecule has 0 atom stereocenters. The summed E-state index contributed by atoms with van der Waals surface area (Å²) in [6, 6.07) is 5.86. The van der Waals surface area contributed by atoms with E-state index < -0.39 is 35.6 Å². The number of ether oxygens (including phenoxy) is 1. The monoisotopic (exact) mass is 344 g/mol. The molecule has 3 aliphatic rings. The standard InChI is InChI=1S/C15H15F3N2O4/c16-15(17,18)7-19-9-2-1-3-10(4-9)20-11(21)14-5-13(6-14,8-24-14)12(22)23/h1-4,19H,5-8H2,(H,20,21)(H,22,23). The van der Waals surface area contributed by atoms with E-state index in [4.69, 9.17) is 9.84 Å². The van der Waals surface area contributed by atoms with Crippen molar-refractivity contribution >= 4 is 23.3 Å². The second-order valence-electron chi connectivity index (χ2n) is 6.23. The highest BCUT2D eigenvalue weighted by Crippen LogP contribution is 2.58. The van der Waals surface area contributed by atoms with Crippen molar-refractivity contribution in [1.29, 1.82) is 0 Å². The Morgan fingerprint density at radius 2 is 1.92 bits per heavy atom. The van der Waals surface area contributed by atoms with Gasteiger partial charge in [-0.15, -0.1) is 0 Å². The van der Waals surface area contributed by atoms with Crippen molar-refractivity contribution in [1.82, 2.24) is 0 Å². The first-order chi connectivity index (χ1) is 11.1. The van der Waals surface area contributed by atoms with Crippen LogP contribution < -0.4 is 10.6 Å². The lowest BCUT2D eigenvalue weighted by Gasteiger charge is -2.40. The van der Waals surface area contributed by atoms with Gasteiger partial charge in [0.1, 0.15) is 12.1 Å². The second kappa shape index (κ2) is 5.37. The van der Waals surface area contributed by atoms with Crippen LogP contribution in [0.2, 0.25) is 0 Å². The minimum absolute atomic E-state index is 0.0110. The van der Waals surface area contributed by atoms with Gasteiger partial charge in [0, 0.05) is 24.2 Å². The number of benzene rings is 1. The highest BCUT2D eigenvalue weighted by atomic mass is 19.4. The van der Waals surface area contributed by atoms with E-state index in [1.165, 1.54) is 24.3 Å². The Bertz CT molecular complexity index is 684. The Kier molecular flexibility index (Phi) is 3.71. The van der Waals surface area contributed by atoms with Gasteiger partial charge in [0.05, 0.1) is 12.0 Å². The maximum atomic E-state index is 12.3. The van der Waals surface area contributed by atoms with E-state index >= 15 is 0 Å². The van der Waals surface area contributed by atoms with Crippen LogP contribution in [0, 0.1) is 5.41 Å². The van der Waals surface area contributed by atoms with E-state index in [-0.39, 0.29) is 25.1 Å². The fourth-order valence-electron chi connectivity index (χ4n) is 3.12. The summed E-state index contributed by atoms with van der Waals surface area (Å²) in [5.74, 6) is -1.47. The van der Waals surface area contributed by atoms with Gasteiger partial charge in [-0.2, -0.15) is 13.2 Å². The molecule has 3 fully saturated rings. The molecule has 0 radical (unpaired) electrons. The summed E-state index contributed by atoms with van der Waals surface area (Å²) in [7, 11) is 0. The highest BCUT2D eigenvalue weighted by molar-refractivity contribution is 6.01. The van der Waals surface area contributed by atoms with Gasteiger partial charge in [-0.1, -0.05) is 6.07 Å². The number of carbonyl (C=O) groups is 2. The van der Waals surface area contributed by atoms with E-state index in [1.807, 2.05) is 0 Å². The van der Waals surface area contributed by atoms with E-state index in [1.54, 1.807) is 0 Å². The molecule has 2 saturated heterocycles. The van der Waals surface area contributed by atoms with Crippen molar-refractivity contribution < 1.29 is 32.6 Å². The fraction of sp³-hybridized carbons (Fsp3) is 0.467. The second-order valence-corrected chi connectivity index (χ2v) is 6.23. The molecule has 2 bridgehead atoms. The molecule has 0 aromatic heterocycles. The zero-order valence-corrected chi connectivity index (χ0v) is 12.4. The average Bonchev–Trinajstić information content (AvgIpc) is 3.02. The summed E-state index contributed by atoms with van der Waals surface area (Å²) >= 11 is 0. The number of rotatable bonds is 5. The molecule has 0 unspecified atom stereocenters. The molecule has 9 heteroatoms. The maximum absolute atomic E-state index is 12.3. The molecule has 2 heterocycles. The van der Waals surface area contributed by atoms with E-state index in [9.17, 15) is 22.8 Å². The number of amides is 1. The third-order valence-corrected chi connectivity index (χ3v) is 4.35. The first-order valence-corrected chi connectivity index (χ1v) is 7.24. The van der Waals surface area contributed by atoms with Crippen molar-refractivity contribution in [2.45, 2.75) is 24.6 Å². The number of alkyl halides is 3. The van der Waals surface area contributed by atoms with Crippen molar-refractivity contribution in [2.75, 3.05) is 23.8 Å². The number of fused-ring (bicyclic) bond motifs is 1. The number of anilines is 2. The Morgan fingerprint density at radius 1 is 1.25 bits per heavy atom. The third kappa shape index (κ3) is 2.91. The van der Waals surface area contributed by atoms with Crippen LogP contribution in [0.3, 0.4) is 0 Å². The largest absolute Gasteiger partial charge is 0.481 e. The molecule has 130 valence electrons. The lowest BCUT2D eigenvalue weighted by atomic mass is 9.62. The molecule has 4 rings (SSSR count). The Labute approximate surface area is 135 Å². The van der Waals surface area contributed by atoms with Crippen LogP contribution in [0.4, 0.5) is 24.5 Å². The summed E-state index contributed by atoms with van der Waals surface area (Å²) < 4.78 is 42.0. The normalized spacial score (nSPS) is 28.1. The summed E-state index contributed by atoms with van der Waals surface area (Å²) in [6.45, 7) is -1.19. The summed E-state index contributed by atoms with van der Waals surface area (Å²) in [6.07, 6.45) is -4.14. The molecule has 6 nitrogen and oxygen atoms in total. The average molecular weight is 344 g/mol. The molecular weight excluding hydrogens is 329 g/mol. The molecule has 1 aromatic rings. The van der Waals surface area contributed by atoms with Crippen LogP contribution in [-0.4, -0.2) is 41.9 Å². The number of hydrogen-bond acceptors (Lipinski definition) is 4. The highest BCUT2D eigenvalue weighted by Gasteiger charge is 2.70. The molecule has 1 amide bonds. The molecular formula is C15H15F3N2O4. The fourth-order valence-corrected chi connectivity index (χ4v) is 3.12. The number of aliphatic carboxylic acids is 1. The summed E-state index contributed by atoms with van der Waals surface area (Å²) in [5, 5.41) is 13.9. The predicted octanol–water partition coefficient (Wildman–Crippen LogP) is 2.23. The molecule has 1 aliphatic carbocycles. The molecule has 3 N–H and O–H groups in total. The number of nitrogens with one attached hydrogen (secondary N) is 2. The van der Waals surface area contributed by atoms with Gasteiger partial charge < -0.3 is 20.5 Å². The smallest absolute Gasteiger partial charge is 0.405 e. The Morgan fingerprint density at radius 3 is 2.50 bits per heavy atom. The number of carboxylic acid groups (broad SMARTS) is 1. The summed E-state index contributed by atoms with van der Waals surface area (Å²) in [4.78, 5) is 23.5. The van der Waals surface area contributed by atoms with Crippen LogP contribution in [-0.2, 0) is 14.3 Å². The number of carboxylic acids is 1. The van der Waals surface area contributed by atoms with Gasteiger partial charge in [0.25, 0.3) is 5.91 Å². The van der Waals surface area contributed by atoms with Crippen molar-refractivity contribution in [3.63, 3.8) is 0 Å². The summed E-state index contributed by atoms with van der Waals surface area (Å²) in [5.41, 5.74) is -1.63. The van der Waals surface area contributed by atoms with Gasteiger partial charge in [-0.3, -0.25) is 9.59 Å². The number of hydrogen-bond donors (Lipinski definition) is 3. The SMILES string of the molecule is O=C(O)C12COC(C(=O)Nc3cccc(NCC(F)(F)F)c3)(C1)C2. The first kappa shape index (κ1) is 16.6. The van der Waals surface area contributed by atoms with Crippen LogP contribution in [0.15, 0.2) is 24.3 Å².